The molecule has 68 valence electrons. The zero-order valence-electron chi connectivity index (χ0n) is 7.74. The summed E-state index contributed by atoms with van der Waals surface area (Å²) in [5.74, 6) is 0. The lowest BCUT2D eigenvalue weighted by atomic mass is 10.0. The van der Waals surface area contributed by atoms with Crippen LogP contribution in [0.15, 0.2) is 48.1 Å². The van der Waals surface area contributed by atoms with Gasteiger partial charge in [-0.15, -0.1) is 0 Å². The van der Waals surface area contributed by atoms with E-state index >= 15 is 0 Å². The van der Waals surface area contributed by atoms with Crippen molar-refractivity contribution in [3.05, 3.63) is 48.1 Å². The van der Waals surface area contributed by atoms with Crippen molar-refractivity contribution in [1.82, 2.24) is 5.32 Å². The zero-order valence-corrected chi connectivity index (χ0v) is 7.74. The second-order valence-electron chi connectivity index (χ2n) is 3.44. The van der Waals surface area contributed by atoms with Crippen molar-refractivity contribution in [3.63, 3.8) is 0 Å². The Kier molecular flexibility index (Phi) is 2.78. The molecule has 2 rings (SSSR count). The third kappa shape index (κ3) is 2.19. The third-order valence-electron chi connectivity index (χ3n) is 2.48. The van der Waals surface area contributed by atoms with Gasteiger partial charge in [0.15, 0.2) is 0 Å². The molecule has 1 saturated heterocycles. The molecule has 1 heterocycles. The van der Waals surface area contributed by atoms with E-state index in [-0.39, 0.29) is 0 Å². The molecule has 1 aliphatic heterocycles. The quantitative estimate of drug-likeness (QED) is 0.641. The highest BCUT2D eigenvalue weighted by atomic mass is 14.9. The molecule has 1 unspecified atom stereocenters. The number of nitrogens with one attached hydrogen (secondary N) is 1. The Hall–Kier alpha value is -1.08. The molecule has 13 heavy (non-hydrogen) atoms. The first kappa shape index (κ1) is 8.52. The van der Waals surface area contributed by atoms with Crippen molar-refractivity contribution < 1.29 is 0 Å². The summed E-state index contributed by atoms with van der Waals surface area (Å²) in [7, 11) is 0. The van der Waals surface area contributed by atoms with E-state index in [1.165, 1.54) is 18.4 Å². The van der Waals surface area contributed by atoms with Gasteiger partial charge >= 0.3 is 0 Å². The SMILES string of the molecule is C1=CC=CC(C2CCCN2)=CC=C1. The fourth-order valence-electron chi connectivity index (χ4n) is 1.78. The fraction of sp³-hybridized carbons (Fsp3) is 0.333. The second-order valence-corrected chi connectivity index (χ2v) is 3.44. The van der Waals surface area contributed by atoms with Crippen molar-refractivity contribution in [1.29, 1.82) is 0 Å². The van der Waals surface area contributed by atoms with E-state index in [2.05, 4.69) is 41.8 Å². The van der Waals surface area contributed by atoms with E-state index in [9.17, 15) is 0 Å². The lowest BCUT2D eigenvalue weighted by Crippen LogP contribution is -2.22. The molecule has 0 bridgehead atoms. The van der Waals surface area contributed by atoms with Crippen LogP contribution in [0.1, 0.15) is 12.8 Å². The Labute approximate surface area is 79.5 Å². The first-order valence-corrected chi connectivity index (χ1v) is 4.92. The molecule has 2 aliphatic rings. The summed E-state index contributed by atoms with van der Waals surface area (Å²) in [5.41, 5.74) is 1.40. The zero-order chi connectivity index (χ0) is 8.93. The van der Waals surface area contributed by atoms with Crippen LogP contribution in [0.5, 0.6) is 0 Å². The van der Waals surface area contributed by atoms with Crippen LogP contribution in [0.25, 0.3) is 0 Å². The summed E-state index contributed by atoms with van der Waals surface area (Å²) >= 11 is 0. The molecule has 0 aromatic heterocycles. The summed E-state index contributed by atoms with van der Waals surface area (Å²) in [6.45, 7) is 1.16. The molecular formula is C12H15N. The lowest BCUT2D eigenvalue weighted by molar-refractivity contribution is 0.703. The van der Waals surface area contributed by atoms with Gasteiger partial charge in [-0.3, -0.25) is 0 Å². The standard InChI is InChI=1S/C12H15N/c1-2-4-7-11(8-5-3-1)12-9-6-10-13-12/h1-5,7-8,12-13H,6,9-10H2. The molecular weight excluding hydrogens is 158 g/mol. The average Bonchev–Trinajstić information content (AvgIpc) is 2.55. The third-order valence-corrected chi connectivity index (χ3v) is 2.48. The minimum atomic E-state index is 0.576. The molecule has 1 N–H and O–H groups in total. The van der Waals surface area contributed by atoms with E-state index in [0.717, 1.165) is 6.54 Å². The molecule has 1 nitrogen and oxygen atoms in total. The van der Waals surface area contributed by atoms with Gasteiger partial charge < -0.3 is 5.32 Å². The first-order valence-electron chi connectivity index (χ1n) is 4.92. The molecule has 1 atom stereocenters. The van der Waals surface area contributed by atoms with Crippen LogP contribution >= 0.6 is 0 Å². The smallest absolute Gasteiger partial charge is 0.0320 e. The molecule has 0 saturated carbocycles. The van der Waals surface area contributed by atoms with Gasteiger partial charge in [0.1, 0.15) is 0 Å². The number of hydrogen-bond acceptors (Lipinski definition) is 1. The van der Waals surface area contributed by atoms with Gasteiger partial charge in [-0.2, -0.15) is 0 Å². The van der Waals surface area contributed by atoms with Crippen LogP contribution in [0.2, 0.25) is 0 Å². The molecule has 0 amide bonds. The second kappa shape index (κ2) is 4.24. The van der Waals surface area contributed by atoms with Gasteiger partial charge in [0, 0.05) is 6.04 Å². The largest absolute Gasteiger partial charge is 0.310 e. The Morgan fingerprint density at radius 3 is 2.77 bits per heavy atom. The van der Waals surface area contributed by atoms with Gasteiger partial charge in [-0.05, 0) is 25.0 Å². The number of allylic oxidation sites excluding steroid dienone is 6. The van der Waals surface area contributed by atoms with Crippen molar-refractivity contribution in [3.8, 4) is 0 Å². The Morgan fingerprint density at radius 1 is 1.08 bits per heavy atom. The molecule has 0 aromatic rings. The molecule has 1 fully saturated rings. The van der Waals surface area contributed by atoms with Gasteiger partial charge in [0.05, 0.1) is 0 Å². The highest BCUT2D eigenvalue weighted by Crippen LogP contribution is 2.16. The van der Waals surface area contributed by atoms with Crippen molar-refractivity contribution in [2.45, 2.75) is 18.9 Å². The maximum absolute atomic E-state index is 3.50. The van der Waals surface area contributed by atoms with E-state index in [4.69, 9.17) is 0 Å². The van der Waals surface area contributed by atoms with Crippen LogP contribution in [0.4, 0.5) is 0 Å². The summed E-state index contributed by atoms with van der Waals surface area (Å²) < 4.78 is 0. The first-order chi connectivity index (χ1) is 6.47. The van der Waals surface area contributed by atoms with Crippen LogP contribution in [-0.4, -0.2) is 12.6 Å². The maximum Gasteiger partial charge on any atom is 0.0320 e. The minimum absolute atomic E-state index is 0.576. The van der Waals surface area contributed by atoms with Gasteiger partial charge in [0.25, 0.3) is 0 Å². The van der Waals surface area contributed by atoms with E-state index < -0.39 is 0 Å². The van der Waals surface area contributed by atoms with Crippen LogP contribution < -0.4 is 5.32 Å². The lowest BCUT2D eigenvalue weighted by Gasteiger charge is -2.11. The summed E-state index contributed by atoms with van der Waals surface area (Å²) in [5, 5.41) is 3.50. The number of rotatable bonds is 1. The van der Waals surface area contributed by atoms with Crippen molar-refractivity contribution >= 4 is 0 Å². The average molecular weight is 173 g/mol. The molecule has 0 spiro atoms. The van der Waals surface area contributed by atoms with E-state index in [1.807, 2.05) is 6.08 Å². The van der Waals surface area contributed by atoms with Crippen LogP contribution in [0, 0.1) is 0 Å². The molecule has 0 aromatic carbocycles. The van der Waals surface area contributed by atoms with Gasteiger partial charge in [-0.1, -0.05) is 42.5 Å². The van der Waals surface area contributed by atoms with Gasteiger partial charge in [-0.25, -0.2) is 0 Å². The maximum atomic E-state index is 3.50. The predicted molar refractivity (Wildman–Crippen MR) is 56.5 cm³/mol. The van der Waals surface area contributed by atoms with Gasteiger partial charge in [0.2, 0.25) is 0 Å². The van der Waals surface area contributed by atoms with Crippen molar-refractivity contribution in [2.75, 3.05) is 6.54 Å². The topological polar surface area (TPSA) is 12.0 Å². The molecule has 1 heteroatoms. The minimum Gasteiger partial charge on any atom is -0.310 e. The van der Waals surface area contributed by atoms with E-state index in [0.29, 0.717) is 6.04 Å². The van der Waals surface area contributed by atoms with Crippen molar-refractivity contribution in [2.24, 2.45) is 0 Å². The Bertz CT molecular complexity index is 275. The Morgan fingerprint density at radius 2 is 1.92 bits per heavy atom. The predicted octanol–water partition coefficient (Wildman–Crippen LogP) is 2.35. The summed E-state index contributed by atoms with van der Waals surface area (Å²) in [4.78, 5) is 0. The fourth-order valence-corrected chi connectivity index (χ4v) is 1.78. The van der Waals surface area contributed by atoms with Crippen LogP contribution in [-0.2, 0) is 0 Å². The van der Waals surface area contributed by atoms with Crippen LogP contribution in [0.3, 0.4) is 0 Å². The molecule has 0 radical (unpaired) electrons. The summed E-state index contributed by atoms with van der Waals surface area (Å²) in [6.07, 6.45) is 17.4. The Balaban J connectivity index is 2.11. The highest BCUT2D eigenvalue weighted by Gasteiger charge is 2.15. The van der Waals surface area contributed by atoms with E-state index in [1.54, 1.807) is 0 Å². The number of hydrogen-bond donors (Lipinski definition) is 1. The molecule has 1 aliphatic carbocycles. The normalized spacial score (nSPS) is 27.1. The summed E-state index contributed by atoms with van der Waals surface area (Å²) in [6, 6.07) is 0.576. The monoisotopic (exact) mass is 173 g/mol. The highest BCUT2D eigenvalue weighted by molar-refractivity contribution is 5.34.